The van der Waals surface area contributed by atoms with Crippen LogP contribution in [0.4, 0.5) is 55.9 Å². The van der Waals surface area contributed by atoms with Crippen molar-refractivity contribution in [1.29, 1.82) is 21.0 Å². The molecule has 428 valence electrons. The number of nitrogens with zero attached hydrogens (tertiary/aromatic N) is 16. The van der Waals surface area contributed by atoms with Crippen LogP contribution in [0.25, 0.3) is 11.3 Å². The van der Waals surface area contributed by atoms with Crippen molar-refractivity contribution in [3.05, 3.63) is 69.2 Å². The second-order valence-corrected chi connectivity index (χ2v) is 20.4. The SMILES string of the molecule is CCNc1nc(Nc2cc(C#N)cc(N3CC[C@@H](NC(=O)OC)[C@@H](N(C)C4COC4)C3)c2Cl)nn2c(C#N)cnc12.CCNc1nc(Nc2cc(C#N)cc(N3CC[C@@H](NC(=O)OC)[C@H](N(C)C4COC4)C3)c2Cl)nn2c(C#N)cnc12. The number of fused-ring (bicyclic) bond motifs is 2. The number of nitrogens with one attached hydrogen (secondary N) is 6. The van der Waals surface area contributed by atoms with Crippen LogP contribution in [0.5, 0.6) is 0 Å². The highest BCUT2D eigenvalue weighted by atomic mass is 35.5. The first-order valence-electron chi connectivity index (χ1n) is 26.3. The highest BCUT2D eigenvalue weighted by Crippen LogP contribution is 2.40. The van der Waals surface area contributed by atoms with Crippen LogP contribution in [0.3, 0.4) is 0 Å². The normalized spacial score (nSPS) is 18.9. The molecule has 10 rings (SSSR count). The van der Waals surface area contributed by atoms with Crippen LogP contribution < -0.4 is 41.7 Å². The number of carbonyl (C=O) groups is 2. The molecule has 82 heavy (non-hydrogen) atoms. The molecule has 4 atom stereocenters. The maximum Gasteiger partial charge on any atom is 0.407 e. The molecule has 4 aromatic heterocycles. The van der Waals surface area contributed by atoms with Crippen molar-refractivity contribution in [1.82, 2.24) is 59.6 Å². The summed E-state index contributed by atoms with van der Waals surface area (Å²) in [6.45, 7) is 9.77. The lowest BCUT2D eigenvalue weighted by molar-refractivity contribution is -0.0741. The number of methoxy groups -OCH3 is 2. The first kappa shape index (κ1) is 57.9. The van der Waals surface area contributed by atoms with Gasteiger partial charge < -0.3 is 60.6 Å². The van der Waals surface area contributed by atoms with Gasteiger partial charge >= 0.3 is 12.2 Å². The van der Waals surface area contributed by atoms with Crippen molar-refractivity contribution in [3.8, 4) is 24.3 Å². The number of alkyl carbamates (subject to hydrolysis) is 2. The molecule has 6 aromatic rings. The fourth-order valence-electron chi connectivity index (χ4n) is 10.2. The maximum atomic E-state index is 12.1. The van der Waals surface area contributed by atoms with Gasteiger partial charge in [-0.2, -0.15) is 40.0 Å². The number of imidazole rings is 2. The average molecular weight is 1160 g/mol. The van der Waals surface area contributed by atoms with Crippen molar-refractivity contribution in [2.45, 2.75) is 62.9 Å². The molecule has 0 spiro atoms. The summed E-state index contributed by atoms with van der Waals surface area (Å²) in [5.41, 5.74) is 4.34. The van der Waals surface area contributed by atoms with E-state index >= 15 is 0 Å². The van der Waals surface area contributed by atoms with E-state index in [0.717, 1.165) is 0 Å². The summed E-state index contributed by atoms with van der Waals surface area (Å²) in [7, 11) is 6.74. The van der Waals surface area contributed by atoms with E-state index in [9.17, 15) is 30.6 Å². The standard InChI is InChI=1S/2C26H30ClN11O3/c2*1-4-30-23-24-31-11-16(10-29)38(24)35-25(34-23)32-19-7-15(9-28)8-20(22(19)27)37-6-5-18(33-26(39)40-3)21(12-37)36(2)17-13-41-14-17/h2*7-8,11,17-18,21H,4-6,12-14H2,1-3H3,(H,33,39)(H2,30,32,34,35)/t18-,21+;18-,21-/m11/s1. The molecule has 2 amide bonds. The van der Waals surface area contributed by atoms with Crippen molar-refractivity contribution >= 4 is 93.0 Å². The van der Waals surface area contributed by atoms with E-state index in [2.05, 4.69) is 106 Å². The van der Waals surface area contributed by atoms with E-state index in [1.807, 2.05) is 27.9 Å². The van der Waals surface area contributed by atoms with Crippen LogP contribution in [-0.4, -0.2) is 191 Å². The number of hydrogen-bond donors (Lipinski definition) is 6. The van der Waals surface area contributed by atoms with Crippen LogP contribution >= 0.6 is 23.2 Å². The number of halogens is 2. The van der Waals surface area contributed by atoms with Gasteiger partial charge in [0.1, 0.15) is 12.1 Å². The van der Waals surface area contributed by atoms with Crippen LogP contribution in [0.15, 0.2) is 36.7 Å². The molecule has 0 bridgehead atoms. The van der Waals surface area contributed by atoms with E-state index in [0.29, 0.717) is 145 Å². The highest BCUT2D eigenvalue weighted by Gasteiger charge is 2.40. The monoisotopic (exact) mass is 1160 g/mol. The van der Waals surface area contributed by atoms with E-state index in [-0.39, 0.29) is 59.5 Å². The number of ether oxygens (including phenoxy) is 4. The summed E-state index contributed by atoms with van der Waals surface area (Å²) in [6, 6.07) is 15.4. The predicted octanol–water partition coefficient (Wildman–Crippen LogP) is 4.66. The largest absolute Gasteiger partial charge is 0.453 e. The molecular formula is C52H60Cl2N22O6. The van der Waals surface area contributed by atoms with Crippen molar-refractivity contribution in [3.63, 3.8) is 0 Å². The van der Waals surface area contributed by atoms with Gasteiger partial charge in [-0.05, 0) is 65.0 Å². The molecule has 0 radical (unpaired) electrons. The number of likely N-dealkylation sites (N-methyl/N-ethyl adjacent to an activating group) is 2. The first-order chi connectivity index (χ1) is 39.7. The Hall–Kier alpha value is -8.74. The summed E-state index contributed by atoms with van der Waals surface area (Å²) in [5, 5.41) is 66.9. The number of piperidine rings is 2. The minimum Gasteiger partial charge on any atom is -0.453 e. The quantitative estimate of drug-likeness (QED) is 0.0767. The third-order valence-corrected chi connectivity index (χ3v) is 15.6. The third-order valence-electron chi connectivity index (χ3n) is 14.8. The summed E-state index contributed by atoms with van der Waals surface area (Å²) >= 11 is 13.9. The molecule has 0 saturated carbocycles. The minimum absolute atomic E-state index is 0.0611. The zero-order chi connectivity index (χ0) is 58.2. The molecule has 30 heteroatoms. The Morgan fingerprint density at radius 3 is 1.39 bits per heavy atom. The lowest BCUT2D eigenvalue weighted by atomic mass is 9.95. The van der Waals surface area contributed by atoms with Gasteiger partial charge in [-0.3, -0.25) is 9.80 Å². The van der Waals surface area contributed by atoms with E-state index in [4.69, 9.17) is 42.1 Å². The molecule has 2 aromatic carbocycles. The Labute approximate surface area is 481 Å². The molecule has 4 fully saturated rings. The Morgan fingerprint density at radius 2 is 1.06 bits per heavy atom. The molecule has 8 heterocycles. The van der Waals surface area contributed by atoms with E-state index in [1.165, 1.54) is 35.6 Å². The fourth-order valence-corrected chi connectivity index (χ4v) is 10.7. The smallest absolute Gasteiger partial charge is 0.407 e. The minimum atomic E-state index is -0.478. The molecule has 0 unspecified atom stereocenters. The molecular weight excluding hydrogens is 1100 g/mol. The van der Waals surface area contributed by atoms with Gasteiger partial charge in [0, 0.05) is 51.4 Å². The lowest BCUT2D eigenvalue weighted by Crippen LogP contribution is -2.64. The number of aromatic nitrogens is 8. The second kappa shape index (κ2) is 25.8. The Morgan fingerprint density at radius 1 is 0.659 bits per heavy atom. The van der Waals surface area contributed by atoms with Crippen LogP contribution in [-0.2, 0) is 18.9 Å². The Balaban J connectivity index is 0.000000198. The number of hydrogen-bond acceptors (Lipinski definition) is 24. The molecule has 4 saturated heterocycles. The van der Waals surface area contributed by atoms with Crippen LogP contribution in [0.2, 0.25) is 10.0 Å². The number of carbonyl (C=O) groups excluding carboxylic acids is 2. The zero-order valence-corrected chi connectivity index (χ0v) is 47.3. The summed E-state index contributed by atoms with van der Waals surface area (Å²) in [6.07, 6.45) is 3.17. The Bertz CT molecular complexity index is 3280. The highest BCUT2D eigenvalue weighted by molar-refractivity contribution is 6.36. The van der Waals surface area contributed by atoms with Gasteiger partial charge in [0.25, 0.3) is 0 Å². The lowest BCUT2D eigenvalue weighted by Gasteiger charge is -2.48. The van der Waals surface area contributed by atoms with Gasteiger partial charge in [0.05, 0.1) is 133 Å². The number of rotatable bonds is 16. The number of anilines is 8. The molecule has 4 aliphatic rings. The van der Waals surface area contributed by atoms with Gasteiger partial charge in [-0.1, -0.05) is 23.2 Å². The molecule has 28 nitrogen and oxygen atoms in total. The second-order valence-electron chi connectivity index (χ2n) is 19.6. The van der Waals surface area contributed by atoms with E-state index in [1.54, 1.807) is 24.3 Å². The van der Waals surface area contributed by atoms with Crippen molar-refractivity contribution in [2.75, 3.05) is 125 Å². The first-order valence-corrected chi connectivity index (χ1v) is 27.1. The molecule has 4 aliphatic heterocycles. The van der Waals surface area contributed by atoms with Crippen molar-refractivity contribution in [2.24, 2.45) is 0 Å². The molecule has 0 aliphatic carbocycles. The Kier molecular flexibility index (Phi) is 18.2. The average Bonchev–Trinajstić information content (AvgIpc) is 4.22. The summed E-state index contributed by atoms with van der Waals surface area (Å²) in [4.78, 5) is 50.4. The molecule has 6 N–H and O–H groups in total. The van der Waals surface area contributed by atoms with Crippen LogP contribution in [0.1, 0.15) is 49.2 Å². The van der Waals surface area contributed by atoms with Gasteiger partial charge in [0.15, 0.2) is 34.3 Å². The van der Waals surface area contributed by atoms with Crippen molar-refractivity contribution < 1.29 is 28.5 Å². The van der Waals surface area contributed by atoms with E-state index < -0.39 is 12.2 Å². The predicted molar refractivity (Wildman–Crippen MR) is 303 cm³/mol. The number of benzene rings is 2. The van der Waals surface area contributed by atoms with Crippen LogP contribution in [0, 0.1) is 45.3 Å². The number of amides is 2. The third kappa shape index (κ3) is 12.3. The van der Waals surface area contributed by atoms with Gasteiger partial charge in [0.2, 0.25) is 11.9 Å². The topological polar surface area (TPSA) is 338 Å². The fraction of sp³-hybridized carbons (Fsp3) is 0.462. The zero-order valence-electron chi connectivity index (χ0n) is 45.8. The number of nitriles is 4. The summed E-state index contributed by atoms with van der Waals surface area (Å²) < 4.78 is 23.3. The van der Waals surface area contributed by atoms with Gasteiger partial charge in [-0.25, -0.2) is 19.6 Å². The summed E-state index contributed by atoms with van der Waals surface area (Å²) in [5.74, 6) is 1.25. The van der Waals surface area contributed by atoms with Gasteiger partial charge in [-0.15, -0.1) is 10.2 Å². The maximum absolute atomic E-state index is 12.1.